The zero-order valence-electron chi connectivity index (χ0n) is 13.5. The highest BCUT2D eigenvalue weighted by Gasteiger charge is 2.16. The molecule has 1 atom stereocenters. The van der Waals surface area contributed by atoms with E-state index < -0.39 is 0 Å². The van der Waals surface area contributed by atoms with Crippen LogP contribution >= 0.6 is 22.6 Å². The number of halogens is 1. The van der Waals surface area contributed by atoms with Crippen molar-refractivity contribution in [3.8, 4) is 0 Å². The Labute approximate surface area is 160 Å². The summed E-state index contributed by atoms with van der Waals surface area (Å²) in [6.07, 6.45) is 1.76. The number of anilines is 1. The van der Waals surface area contributed by atoms with Crippen molar-refractivity contribution < 1.29 is 4.79 Å². The molecule has 4 nitrogen and oxygen atoms in total. The highest BCUT2D eigenvalue weighted by Crippen LogP contribution is 2.20. The molecule has 0 radical (unpaired) electrons. The minimum atomic E-state index is -0.136. The monoisotopic (exact) mass is 443 g/mol. The second-order valence-corrected chi connectivity index (χ2v) is 6.67. The lowest BCUT2D eigenvalue weighted by Gasteiger charge is -2.19. The predicted octanol–water partition coefficient (Wildman–Crippen LogP) is 4.00. The normalized spacial score (nSPS) is 11.7. The van der Waals surface area contributed by atoms with Crippen molar-refractivity contribution >= 4 is 34.2 Å². The van der Waals surface area contributed by atoms with Gasteiger partial charge in [0.15, 0.2) is 0 Å². The van der Waals surface area contributed by atoms with Gasteiger partial charge in [0.2, 0.25) is 5.91 Å². The molecule has 1 heterocycles. The fourth-order valence-electron chi connectivity index (χ4n) is 2.54. The minimum Gasteiger partial charge on any atom is -0.324 e. The summed E-state index contributed by atoms with van der Waals surface area (Å²) >= 11 is 2.21. The average molecular weight is 443 g/mol. The first-order valence-electron chi connectivity index (χ1n) is 7.97. The topological polar surface area (TPSA) is 54.0 Å². The second-order valence-electron chi connectivity index (χ2n) is 5.51. The molecule has 25 heavy (non-hydrogen) atoms. The quantitative estimate of drug-likeness (QED) is 0.567. The Balaban J connectivity index is 1.71. The molecule has 3 aromatic rings. The van der Waals surface area contributed by atoms with Crippen LogP contribution in [0.15, 0.2) is 79.0 Å². The molecule has 0 aliphatic heterocycles. The van der Waals surface area contributed by atoms with Crippen LogP contribution in [0.25, 0.3) is 0 Å². The van der Waals surface area contributed by atoms with E-state index in [0.717, 1.165) is 20.5 Å². The molecule has 1 aromatic heterocycles. The molecule has 2 N–H and O–H groups in total. The van der Waals surface area contributed by atoms with E-state index in [9.17, 15) is 4.79 Å². The molecule has 0 fully saturated rings. The molecular weight excluding hydrogens is 425 g/mol. The van der Waals surface area contributed by atoms with Crippen molar-refractivity contribution in [1.82, 2.24) is 10.3 Å². The van der Waals surface area contributed by atoms with Crippen molar-refractivity contribution in [3.05, 3.63) is 93.8 Å². The Morgan fingerprint density at radius 2 is 1.68 bits per heavy atom. The molecular formula is C20H18IN3O. The van der Waals surface area contributed by atoms with E-state index in [-0.39, 0.29) is 18.5 Å². The van der Waals surface area contributed by atoms with Crippen LogP contribution in [0.3, 0.4) is 0 Å². The molecule has 0 aliphatic carbocycles. The molecule has 0 bridgehead atoms. The van der Waals surface area contributed by atoms with E-state index in [2.05, 4.69) is 38.2 Å². The van der Waals surface area contributed by atoms with Crippen molar-refractivity contribution in [1.29, 1.82) is 0 Å². The maximum Gasteiger partial charge on any atom is 0.238 e. The van der Waals surface area contributed by atoms with Gasteiger partial charge < -0.3 is 5.32 Å². The number of carbonyl (C=O) groups is 1. The smallest absolute Gasteiger partial charge is 0.238 e. The molecule has 126 valence electrons. The van der Waals surface area contributed by atoms with Crippen LogP contribution in [0.5, 0.6) is 0 Å². The van der Waals surface area contributed by atoms with Gasteiger partial charge in [-0.05, 0) is 52.4 Å². The number of nitrogens with zero attached hydrogens (tertiary/aromatic N) is 1. The Hall–Kier alpha value is -2.25. The number of nitrogens with one attached hydrogen (secondary N) is 2. The summed E-state index contributed by atoms with van der Waals surface area (Å²) in [5.74, 6) is -0.0824. The van der Waals surface area contributed by atoms with E-state index in [1.165, 1.54) is 0 Å². The van der Waals surface area contributed by atoms with E-state index in [1.54, 1.807) is 6.20 Å². The van der Waals surface area contributed by atoms with Crippen molar-refractivity contribution in [2.75, 3.05) is 11.9 Å². The van der Waals surface area contributed by atoms with Gasteiger partial charge in [0, 0.05) is 9.77 Å². The molecule has 0 saturated heterocycles. The number of benzene rings is 2. The highest BCUT2D eigenvalue weighted by molar-refractivity contribution is 14.1. The Morgan fingerprint density at radius 1 is 0.960 bits per heavy atom. The largest absolute Gasteiger partial charge is 0.324 e. The van der Waals surface area contributed by atoms with E-state index >= 15 is 0 Å². The van der Waals surface area contributed by atoms with E-state index in [4.69, 9.17) is 0 Å². The number of amides is 1. The van der Waals surface area contributed by atoms with Crippen LogP contribution in [0.1, 0.15) is 17.3 Å². The predicted molar refractivity (Wildman–Crippen MR) is 108 cm³/mol. The van der Waals surface area contributed by atoms with E-state index in [0.29, 0.717) is 0 Å². The number of hydrogen-bond donors (Lipinski definition) is 2. The summed E-state index contributed by atoms with van der Waals surface area (Å²) in [5.41, 5.74) is 2.78. The van der Waals surface area contributed by atoms with Crippen LogP contribution in [0, 0.1) is 3.57 Å². The molecule has 1 amide bonds. The molecule has 3 rings (SSSR count). The third kappa shape index (κ3) is 4.87. The van der Waals surface area contributed by atoms with Gasteiger partial charge in [-0.3, -0.25) is 15.1 Å². The number of para-hydroxylation sites is 1. The van der Waals surface area contributed by atoms with Gasteiger partial charge in [-0.2, -0.15) is 0 Å². The van der Waals surface area contributed by atoms with Crippen LogP contribution in [-0.2, 0) is 4.79 Å². The lowest BCUT2D eigenvalue weighted by molar-refractivity contribution is -0.115. The molecule has 0 spiro atoms. The van der Waals surface area contributed by atoms with Crippen LogP contribution < -0.4 is 10.6 Å². The SMILES string of the molecule is O=C(CNC(c1ccccc1)c1ccccn1)Nc1ccccc1I. The summed E-state index contributed by atoms with van der Waals surface area (Å²) in [6, 6.07) is 23.4. The first-order chi connectivity index (χ1) is 12.2. The Morgan fingerprint density at radius 3 is 2.40 bits per heavy atom. The Bertz CT molecular complexity index is 785. The zero-order chi connectivity index (χ0) is 17.5. The third-order valence-corrected chi connectivity index (χ3v) is 4.67. The van der Waals surface area contributed by atoms with Crippen molar-refractivity contribution in [3.63, 3.8) is 0 Å². The lowest BCUT2D eigenvalue weighted by Crippen LogP contribution is -2.32. The van der Waals surface area contributed by atoms with Gasteiger partial charge in [0.25, 0.3) is 0 Å². The second kappa shape index (κ2) is 8.73. The molecule has 0 aliphatic rings. The van der Waals surface area contributed by atoms with Gasteiger partial charge in [0.05, 0.1) is 24.0 Å². The molecule has 1 unspecified atom stereocenters. The first kappa shape index (κ1) is 17.6. The third-order valence-electron chi connectivity index (χ3n) is 3.73. The summed E-state index contributed by atoms with van der Waals surface area (Å²) in [6.45, 7) is 0.196. The van der Waals surface area contributed by atoms with Gasteiger partial charge in [-0.15, -0.1) is 0 Å². The van der Waals surface area contributed by atoms with Gasteiger partial charge in [0.1, 0.15) is 0 Å². The maximum atomic E-state index is 12.3. The zero-order valence-corrected chi connectivity index (χ0v) is 15.7. The average Bonchev–Trinajstić information content (AvgIpc) is 2.66. The summed E-state index contributed by atoms with van der Waals surface area (Å²) in [7, 11) is 0. The van der Waals surface area contributed by atoms with Crippen LogP contribution in [0.2, 0.25) is 0 Å². The highest BCUT2D eigenvalue weighted by atomic mass is 127. The maximum absolute atomic E-state index is 12.3. The molecule has 5 heteroatoms. The van der Waals surface area contributed by atoms with Gasteiger partial charge in [-0.25, -0.2) is 0 Å². The number of pyridine rings is 1. The van der Waals surface area contributed by atoms with E-state index in [1.807, 2.05) is 72.8 Å². The minimum absolute atomic E-state index is 0.0824. The fraction of sp³-hybridized carbons (Fsp3) is 0.100. The van der Waals surface area contributed by atoms with Crippen molar-refractivity contribution in [2.24, 2.45) is 0 Å². The van der Waals surface area contributed by atoms with Crippen LogP contribution in [0.4, 0.5) is 5.69 Å². The standard InChI is InChI=1S/C20H18IN3O/c21-16-10-4-5-11-17(16)24-19(25)14-23-20(15-8-2-1-3-9-15)18-12-6-7-13-22-18/h1-13,20,23H,14H2,(H,24,25). The number of aromatic nitrogens is 1. The Kier molecular flexibility index (Phi) is 6.14. The summed E-state index contributed by atoms with van der Waals surface area (Å²) < 4.78 is 1.01. The number of hydrogen-bond acceptors (Lipinski definition) is 3. The lowest BCUT2D eigenvalue weighted by atomic mass is 10.0. The number of carbonyl (C=O) groups excluding carboxylic acids is 1. The fourth-order valence-corrected chi connectivity index (χ4v) is 3.06. The van der Waals surface area contributed by atoms with Crippen LogP contribution in [-0.4, -0.2) is 17.4 Å². The van der Waals surface area contributed by atoms with Gasteiger partial charge >= 0.3 is 0 Å². The molecule has 2 aromatic carbocycles. The van der Waals surface area contributed by atoms with Gasteiger partial charge in [-0.1, -0.05) is 48.5 Å². The number of rotatable bonds is 6. The molecule has 0 saturated carbocycles. The summed E-state index contributed by atoms with van der Waals surface area (Å²) in [5, 5.41) is 6.25. The first-order valence-corrected chi connectivity index (χ1v) is 9.05. The van der Waals surface area contributed by atoms with Crippen molar-refractivity contribution in [2.45, 2.75) is 6.04 Å². The summed E-state index contributed by atoms with van der Waals surface area (Å²) in [4.78, 5) is 16.8.